The molecule has 0 aliphatic carbocycles. The fourth-order valence-corrected chi connectivity index (χ4v) is 2.16. The van der Waals surface area contributed by atoms with Gasteiger partial charge < -0.3 is 4.90 Å². The highest BCUT2D eigenvalue weighted by atomic mass is 79.9. The molecule has 0 N–H and O–H groups in total. The van der Waals surface area contributed by atoms with Gasteiger partial charge in [-0.25, -0.2) is 4.98 Å². The zero-order valence-corrected chi connectivity index (χ0v) is 13.0. The van der Waals surface area contributed by atoms with Crippen LogP contribution >= 0.6 is 27.5 Å². The summed E-state index contributed by atoms with van der Waals surface area (Å²) in [6.45, 7) is 4.11. The Balaban J connectivity index is 3.22. The van der Waals surface area contributed by atoms with E-state index in [9.17, 15) is 13.2 Å². The highest BCUT2D eigenvalue weighted by molar-refractivity contribution is 9.10. The summed E-state index contributed by atoms with van der Waals surface area (Å²) in [5, 5.41) is 0. The van der Waals surface area contributed by atoms with E-state index in [1.54, 1.807) is 4.90 Å². The van der Waals surface area contributed by atoms with Crippen LogP contribution in [-0.2, 0) is 6.18 Å². The number of anilines is 1. The Morgan fingerprint density at radius 2 is 2.05 bits per heavy atom. The summed E-state index contributed by atoms with van der Waals surface area (Å²) in [7, 11) is 0. The van der Waals surface area contributed by atoms with Gasteiger partial charge in [-0.1, -0.05) is 0 Å². The molecule has 1 aromatic heterocycles. The van der Waals surface area contributed by atoms with Crippen molar-refractivity contribution < 1.29 is 13.2 Å². The molecule has 0 unspecified atom stereocenters. The lowest BCUT2D eigenvalue weighted by atomic mass is 10.2. The number of aromatic nitrogens is 1. The lowest BCUT2D eigenvalue weighted by molar-refractivity contribution is -0.137. The van der Waals surface area contributed by atoms with E-state index in [1.807, 2.05) is 13.8 Å². The van der Waals surface area contributed by atoms with Crippen LogP contribution in [0.2, 0.25) is 0 Å². The molecule has 0 atom stereocenters. The third-order valence-electron chi connectivity index (χ3n) is 2.57. The van der Waals surface area contributed by atoms with Crippen LogP contribution in [0.3, 0.4) is 0 Å². The SMILES string of the molecule is CC(C)N(CCCCl)c1ncc(Br)cc1C(F)(F)F. The molecule has 0 saturated carbocycles. The number of halogens is 5. The molecule has 0 aromatic carbocycles. The van der Waals surface area contributed by atoms with Crippen molar-refractivity contribution in [2.45, 2.75) is 32.5 Å². The lowest BCUT2D eigenvalue weighted by Crippen LogP contribution is -2.34. The van der Waals surface area contributed by atoms with E-state index in [0.717, 1.165) is 6.07 Å². The molecule has 0 aliphatic heterocycles. The molecule has 7 heteroatoms. The van der Waals surface area contributed by atoms with Crippen LogP contribution in [-0.4, -0.2) is 23.5 Å². The van der Waals surface area contributed by atoms with Crippen molar-refractivity contribution in [3.8, 4) is 0 Å². The Bertz CT molecular complexity index is 424. The minimum atomic E-state index is -4.43. The van der Waals surface area contributed by atoms with Crippen molar-refractivity contribution >= 4 is 33.3 Å². The molecule has 0 saturated heterocycles. The molecule has 0 spiro atoms. The molecule has 1 aromatic rings. The minimum absolute atomic E-state index is 0.0455. The third kappa shape index (κ3) is 4.53. The Morgan fingerprint density at radius 3 is 2.53 bits per heavy atom. The van der Waals surface area contributed by atoms with Gasteiger partial charge in [0.1, 0.15) is 5.82 Å². The molecule has 0 aliphatic rings. The van der Waals surface area contributed by atoms with E-state index in [2.05, 4.69) is 20.9 Å². The molecule has 1 heterocycles. The molecular weight excluding hydrogens is 344 g/mol. The van der Waals surface area contributed by atoms with Gasteiger partial charge in [-0.05, 0) is 42.3 Å². The van der Waals surface area contributed by atoms with Crippen LogP contribution in [0.5, 0.6) is 0 Å². The Hall–Kier alpha value is -0.490. The zero-order valence-electron chi connectivity index (χ0n) is 10.6. The average Bonchev–Trinajstić information content (AvgIpc) is 2.29. The number of hydrogen-bond donors (Lipinski definition) is 0. The molecule has 0 fully saturated rings. The second-order valence-electron chi connectivity index (χ2n) is 4.35. The van der Waals surface area contributed by atoms with Gasteiger partial charge in [-0.2, -0.15) is 13.2 Å². The number of pyridine rings is 1. The maximum absolute atomic E-state index is 13.1. The molecule has 0 radical (unpaired) electrons. The van der Waals surface area contributed by atoms with E-state index in [0.29, 0.717) is 23.3 Å². The molecule has 1 rings (SSSR count). The van der Waals surface area contributed by atoms with Crippen molar-refractivity contribution in [1.29, 1.82) is 0 Å². The predicted octanol–water partition coefficient (Wildman–Crippen LogP) is 4.71. The first kappa shape index (κ1) is 16.6. The second kappa shape index (κ2) is 6.79. The molecular formula is C12H15BrClF3N2. The summed E-state index contributed by atoms with van der Waals surface area (Å²) in [6.07, 6.45) is -2.45. The maximum Gasteiger partial charge on any atom is 0.419 e. The topological polar surface area (TPSA) is 16.1 Å². The van der Waals surface area contributed by atoms with Gasteiger partial charge in [0, 0.05) is 29.1 Å². The number of rotatable bonds is 5. The summed E-state index contributed by atoms with van der Waals surface area (Å²) < 4.78 is 39.5. The average molecular weight is 360 g/mol. The molecule has 0 amide bonds. The summed E-state index contributed by atoms with van der Waals surface area (Å²) in [4.78, 5) is 5.56. The highest BCUT2D eigenvalue weighted by Crippen LogP contribution is 2.37. The quantitative estimate of drug-likeness (QED) is 0.708. The van der Waals surface area contributed by atoms with Crippen LogP contribution in [0, 0.1) is 0 Å². The molecule has 108 valence electrons. The van der Waals surface area contributed by atoms with Gasteiger partial charge in [0.2, 0.25) is 0 Å². The van der Waals surface area contributed by atoms with Crippen LogP contribution < -0.4 is 4.90 Å². The monoisotopic (exact) mass is 358 g/mol. The van der Waals surface area contributed by atoms with Gasteiger partial charge >= 0.3 is 6.18 Å². The maximum atomic E-state index is 13.1. The highest BCUT2D eigenvalue weighted by Gasteiger charge is 2.36. The first-order valence-corrected chi connectivity index (χ1v) is 7.15. The predicted molar refractivity (Wildman–Crippen MR) is 74.8 cm³/mol. The first-order valence-electron chi connectivity index (χ1n) is 5.82. The van der Waals surface area contributed by atoms with Gasteiger partial charge in [-0.3, -0.25) is 0 Å². The van der Waals surface area contributed by atoms with Gasteiger partial charge in [0.05, 0.1) is 5.56 Å². The van der Waals surface area contributed by atoms with E-state index in [4.69, 9.17) is 11.6 Å². The van der Waals surface area contributed by atoms with Gasteiger partial charge in [0.25, 0.3) is 0 Å². The van der Waals surface area contributed by atoms with E-state index in [1.165, 1.54) is 6.20 Å². The number of nitrogens with zero attached hydrogens (tertiary/aromatic N) is 2. The number of alkyl halides is 4. The minimum Gasteiger partial charge on any atom is -0.354 e. The number of hydrogen-bond acceptors (Lipinski definition) is 2. The van der Waals surface area contributed by atoms with Crippen LogP contribution in [0.15, 0.2) is 16.7 Å². The second-order valence-corrected chi connectivity index (χ2v) is 5.65. The van der Waals surface area contributed by atoms with Crippen molar-refractivity contribution in [2.24, 2.45) is 0 Å². The Morgan fingerprint density at radius 1 is 1.42 bits per heavy atom. The van der Waals surface area contributed by atoms with Crippen molar-refractivity contribution in [1.82, 2.24) is 4.98 Å². The van der Waals surface area contributed by atoms with Gasteiger partial charge in [-0.15, -0.1) is 11.6 Å². The first-order chi connectivity index (χ1) is 8.77. The third-order valence-corrected chi connectivity index (χ3v) is 3.27. The van der Waals surface area contributed by atoms with Crippen molar-refractivity contribution in [2.75, 3.05) is 17.3 Å². The molecule has 19 heavy (non-hydrogen) atoms. The summed E-state index contributed by atoms with van der Waals surface area (Å²) >= 11 is 8.64. The van der Waals surface area contributed by atoms with E-state index in [-0.39, 0.29) is 11.9 Å². The summed E-state index contributed by atoms with van der Waals surface area (Å²) in [5.41, 5.74) is -0.731. The van der Waals surface area contributed by atoms with E-state index < -0.39 is 11.7 Å². The standard InChI is InChI=1S/C12H15BrClF3N2/c1-8(2)19(5-3-4-14)11-10(12(15,16)17)6-9(13)7-18-11/h6-8H,3-5H2,1-2H3. The van der Waals surface area contributed by atoms with Crippen LogP contribution in [0.4, 0.5) is 19.0 Å². The molecule has 0 bridgehead atoms. The normalized spacial score (nSPS) is 12.0. The Kier molecular flexibility index (Phi) is 5.92. The van der Waals surface area contributed by atoms with Gasteiger partial charge in [0.15, 0.2) is 0 Å². The lowest BCUT2D eigenvalue weighted by Gasteiger charge is -2.30. The summed E-state index contributed by atoms with van der Waals surface area (Å²) in [5.74, 6) is 0.358. The summed E-state index contributed by atoms with van der Waals surface area (Å²) in [6, 6.07) is 0.969. The fraction of sp³-hybridized carbons (Fsp3) is 0.583. The van der Waals surface area contributed by atoms with Crippen LogP contribution in [0.1, 0.15) is 25.8 Å². The molecule has 2 nitrogen and oxygen atoms in total. The van der Waals surface area contributed by atoms with E-state index >= 15 is 0 Å². The smallest absolute Gasteiger partial charge is 0.354 e. The Labute approximate surface area is 124 Å². The van der Waals surface area contributed by atoms with Crippen LogP contribution in [0.25, 0.3) is 0 Å². The van der Waals surface area contributed by atoms with Crippen molar-refractivity contribution in [3.63, 3.8) is 0 Å². The largest absolute Gasteiger partial charge is 0.419 e. The fourth-order valence-electron chi connectivity index (χ4n) is 1.71. The van der Waals surface area contributed by atoms with Crippen molar-refractivity contribution in [3.05, 3.63) is 22.3 Å². The zero-order chi connectivity index (χ0) is 14.6.